The highest BCUT2D eigenvalue weighted by Gasteiger charge is 2.28. The summed E-state index contributed by atoms with van der Waals surface area (Å²) < 4.78 is 39.9. The molecular weight excluding hydrogens is 279 g/mol. The minimum Gasteiger partial charge on any atom is -0.409 e. The molecule has 1 heterocycles. The van der Waals surface area contributed by atoms with Crippen molar-refractivity contribution in [2.24, 2.45) is 16.8 Å². The van der Waals surface area contributed by atoms with Crippen LogP contribution in [0.4, 0.5) is 13.2 Å². The smallest absolute Gasteiger partial charge is 0.409 e. The molecule has 0 aromatic rings. The van der Waals surface area contributed by atoms with E-state index in [1.165, 1.54) is 4.90 Å². The molecule has 9 heteroatoms. The molecule has 0 aromatic carbocycles. The van der Waals surface area contributed by atoms with Gasteiger partial charge in [-0.05, 0) is 12.8 Å². The van der Waals surface area contributed by atoms with Crippen LogP contribution in [0, 0.1) is 5.92 Å². The zero-order valence-corrected chi connectivity index (χ0v) is 10.9. The molecule has 116 valence electrons. The number of carbonyl (C=O) groups excluding carboxylic acids is 1. The van der Waals surface area contributed by atoms with Gasteiger partial charge in [0.25, 0.3) is 0 Å². The van der Waals surface area contributed by atoms with Crippen LogP contribution in [0.15, 0.2) is 5.16 Å². The number of piperidine rings is 1. The molecule has 0 saturated carbocycles. The third-order valence-corrected chi connectivity index (χ3v) is 3.03. The van der Waals surface area contributed by atoms with E-state index in [1.807, 2.05) is 0 Å². The number of oxime groups is 1. The van der Waals surface area contributed by atoms with Gasteiger partial charge in [-0.25, -0.2) is 0 Å². The number of nitrogens with zero attached hydrogens (tertiary/aromatic N) is 2. The number of hydrogen-bond acceptors (Lipinski definition) is 4. The van der Waals surface area contributed by atoms with E-state index >= 15 is 0 Å². The van der Waals surface area contributed by atoms with Crippen molar-refractivity contribution < 1.29 is 27.9 Å². The maximum Gasteiger partial charge on any atom is 0.411 e. The van der Waals surface area contributed by atoms with Gasteiger partial charge in [-0.1, -0.05) is 5.16 Å². The Morgan fingerprint density at radius 3 is 2.80 bits per heavy atom. The molecule has 1 aliphatic heterocycles. The van der Waals surface area contributed by atoms with Crippen molar-refractivity contribution in [2.45, 2.75) is 25.4 Å². The van der Waals surface area contributed by atoms with E-state index in [9.17, 15) is 18.0 Å². The van der Waals surface area contributed by atoms with Crippen molar-refractivity contribution in [2.75, 3.05) is 26.3 Å². The third-order valence-electron chi connectivity index (χ3n) is 3.03. The second-order valence-corrected chi connectivity index (χ2v) is 4.62. The summed E-state index contributed by atoms with van der Waals surface area (Å²) in [5.74, 6) is -0.438. The van der Waals surface area contributed by atoms with Gasteiger partial charge in [-0.3, -0.25) is 4.79 Å². The first-order valence-electron chi connectivity index (χ1n) is 6.23. The number of hydrogen-bond donors (Lipinski definition) is 2. The Morgan fingerprint density at radius 2 is 2.20 bits per heavy atom. The molecule has 1 fully saturated rings. The normalized spacial score (nSPS) is 21.1. The molecule has 3 N–H and O–H groups in total. The third kappa shape index (κ3) is 5.64. The molecule has 0 bridgehead atoms. The average Bonchev–Trinajstić information content (AvgIpc) is 2.41. The molecule has 0 aliphatic carbocycles. The van der Waals surface area contributed by atoms with Crippen molar-refractivity contribution in [3.63, 3.8) is 0 Å². The lowest BCUT2D eigenvalue weighted by Gasteiger charge is -2.32. The molecule has 1 rings (SSSR count). The Morgan fingerprint density at radius 1 is 1.50 bits per heavy atom. The molecule has 0 radical (unpaired) electrons. The van der Waals surface area contributed by atoms with Gasteiger partial charge in [-0.15, -0.1) is 0 Å². The van der Waals surface area contributed by atoms with Crippen LogP contribution in [0.25, 0.3) is 0 Å². The number of alkyl halides is 3. The van der Waals surface area contributed by atoms with E-state index in [-0.39, 0.29) is 30.7 Å². The van der Waals surface area contributed by atoms with Gasteiger partial charge in [0, 0.05) is 19.0 Å². The molecule has 6 nitrogen and oxygen atoms in total. The van der Waals surface area contributed by atoms with Crippen LogP contribution in [0.1, 0.15) is 19.3 Å². The van der Waals surface area contributed by atoms with Gasteiger partial charge in [0.05, 0.1) is 13.0 Å². The second kappa shape index (κ2) is 7.32. The average molecular weight is 297 g/mol. The molecule has 1 atom stereocenters. The lowest BCUT2D eigenvalue weighted by molar-refractivity contribution is -0.175. The number of halogens is 3. The van der Waals surface area contributed by atoms with Crippen molar-refractivity contribution in [1.82, 2.24) is 4.90 Å². The molecule has 1 saturated heterocycles. The lowest BCUT2D eigenvalue weighted by atomic mass is 9.97. The number of likely N-dealkylation sites (tertiary alicyclic amines) is 1. The minimum atomic E-state index is -4.38. The number of carbonyl (C=O) groups is 1. The van der Waals surface area contributed by atoms with Gasteiger partial charge in [-0.2, -0.15) is 13.2 Å². The van der Waals surface area contributed by atoms with Gasteiger partial charge in [0.1, 0.15) is 12.4 Å². The fourth-order valence-corrected chi connectivity index (χ4v) is 2.03. The van der Waals surface area contributed by atoms with Crippen LogP contribution in [-0.4, -0.2) is 54.3 Å². The Labute approximate surface area is 114 Å². The highest BCUT2D eigenvalue weighted by atomic mass is 19.4. The highest BCUT2D eigenvalue weighted by Crippen LogP contribution is 2.18. The van der Waals surface area contributed by atoms with E-state index in [0.717, 1.165) is 0 Å². The maximum atomic E-state index is 11.8. The SMILES string of the molecule is NC(=NO)C1CCCN(C(=O)CCOCC(F)(F)F)C1. The molecule has 0 aromatic heterocycles. The zero-order chi connectivity index (χ0) is 15.2. The zero-order valence-electron chi connectivity index (χ0n) is 10.9. The fourth-order valence-electron chi connectivity index (χ4n) is 2.03. The first-order chi connectivity index (χ1) is 9.33. The van der Waals surface area contributed by atoms with E-state index in [2.05, 4.69) is 9.89 Å². The summed E-state index contributed by atoms with van der Waals surface area (Å²) in [5.41, 5.74) is 5.49. The lowest BCUT2D eigenvalue weighted by Crippen LogP contribution is -2.44. The van der Waals surface area contributed by atoms with Crippen LogP contribution in [0.5, 0.6) is 0 Å². The standard InChI is InChI=1S/C11H18F3N3O3/c12-11(13,14)7-20-5-3-9(18)17-4-1-2-8(6-17)10(15)16-19/h8,19H,1-7H2,(H2,15,16). The summed E-state index contributed by atoms with van der Waals surface area (Å²) in [7, 11) is 0. The maximum absolute atomic E-state index is 11.8. The van der Waals surface area contributed by atoms with Crippen LogP contribution >= 0.6 is 0 Å². The first kappa shape index (κ1) is 16.5. The molecule has 1 amide bonds. The van der Waals surface area contributed by atoms with Crippen molar-refractivity contribution in [1.29, 1.82) is 0 Å². The Kier molecular flexibility index (Phi) is 6.05. The summed E-state index contributed by atoms with van der Waals surface area (Å²) in [6, 6.07) is 0. The predicted molar refractivity (Wildman–Crippen MR) is 64.2 cm³/mol. The summed E-state index contributed by atoms with van der Waals surface area (Å²) in [5, 5.41) is 11.5. The van der Waals surface area contributed by atoms with E-state index in [1.54, 1.807) is 0 Å². The largest absolute Gasteiger partial charge is 0.411 e. The highest BCUT2D eigenvalue weighted by molar-refractivity contribution is 5.84. The van der Waals surface area contributed by atoms with Crippen LogP contribution in [-0.2, 0) is 9.53 Å². The fraction of sp³-hybridized carbons (Fsp3) is 0.818. The first-order valence-corrected chi connectivity index (χ1v) is 6.23. The molecule has 0 spiro atoms. The summed E-state index contributed by atoms with van der Waals surface area (Å²) in [4.78, 5) is 13.3. The van der Waals surface area contributed by atoms with Crippen LogP contribution < -0.4 is 5.73 Å². The summed E-state index contributed by atoms with van der Waals surface area (Å²) in [6.45, 7) is -0.794. The number of nitrogens with two attached hydrogens (primary N) is 1. The molecular formula is C11H18F3N3O3. The predicted octanol–water partition coefficient (Wildman–Crippen LogP) is 0.940. The van der Waals surface area contributed by atoms with Gasteiger partial charge < -0.3 is 20.6 Å². The van der Waals surface area contributed by atoms with E-state index < -0.39 is 12.8 Å². The number of ether oxygens (including phenoxy) is 1. The van der Waals surface area contributed by atoms with Gasteiger partial charge >= 0.3 is 6.18 Å². The molecule has 20 heavy (non-hydrogen) atoms. The molecule has 1 unspecified atom stereocenters. The Balaban J connectivity index is 2.32. The molecule has 1 aliphatic rings. The van der Waals surface area contributed by atoms with Crippen molar-refractivity contribution in [3.05, 3.63) is 0 Å². The van der Waals surface area contributed by atoms with Crippen LogP contribution in [0.3, 0.4) is 0 Å². The minimum absolute atomic E-state index is 0.0656. The number of amides is 1. The van der Waals surface area contributed by atoms with Crippen molar-refractivity contribution in [3.8, 4) is 0 Å². The van der Waals surface area contributed by atoms with E-state index in [4.69, 9.17) is 10.9 Å². The number of rotatable bonds is 5. The monoisotopic (exact) mass is 297 g/mol. The topological polar surface area (TPSA) is 88.2 Å². The van der Waals surface area contributed by atoms with Gasteiger partial charge in [0.2, 0.25) is 5.91 Å². The Bertz CT molecular complexity index is 361. The second-order valence-electron chi connectivity index (χ2n) is 4.62. The van der Waals surface area contributed by atoms with E-state index in [0.29, 0.717) is 25.9 Å². The van der Waals surface area contributed by atoms with Crippen LogP contribution in [0.2, 0.25) is 0 Å². The van der Waals surface area contributed by atoms with Gasteiger partial charge in [0.15, 0.2) is 0 Å². The van der Waals surface area contributed by atoms with Crippen molar-refractivity contribution >= 4 is 11.7 Å². The summed E-state index contributed by atoms with van der Waals surface area (Å²) in [6.07, 6.45) is -3.08. The Hall–Kier alpha value is -1.51. The summed E-state index contributed by atoms with van der Waals surface area (Å²) >= 11 is 0. The number of amidine groups is 1. The quantitative estimate of drug-likeness (QED) is 0.260.